The highest BCUT2D eigenvalue weighted by atomic mass is 16.4. The number of nitrogens with one attached hydrogen (secondary N) is 1. The normalized spacial score (nSPS) is 36.5. The van der Waals surface area contributed by atoms with Crippen molar-refractivity contribution in [1.82, 2.24) is 10.2 Å². The van der Waals surface area contributed by atoms with Crippen molar-refractivity contribution < 1.29 is 9.90 Å². The highest BCUT2D eigenvalue weighted by molar-refractivity contribution is 5.79. The average molecular weight is 282 g/mol. The van der Waals surface area contributed by atoms with Gasteiger partial charge in [-0.15, -0.1) is 0 Å². The van der Waals surface area contributed by atoms with Crippen molar-refractivity contribution in [2.45, 2.75) is 82.3 Å². The average Bonchev–Trinajstić information content (AvgIpc) is 2.72. The maximum absolute atomic E-state index is 11.7. The predicted octanol–water partition coefficient (Wildman–Crippen LogP) is 2.63. The molecule has 4 heteroatoms. The van der Waals surface area contributed by atoms with Gasteiger partial charge in [0, 0.05) is 12.1 Å². The van der Waals surface area contributed by atoms with Gasteiger partial charge in [-0.1, -0.05) is 19.8 Å². The number of carboxylic acids is 1. The number of hydrogen-bond acceptors (Lipinski definition) is 3. The molecule has 1 heterocycles. The first kappa shape index (κ1) is 15.8. The number of aliphatic carboxylic acids is 1. The summed E-state index contributed by atoms with van der Waals surface area (Å²) in [5.41, 5.74) is -0.701. The van der Waals surface area contributed by atoms with Crippen molar-refractivity contribution in [2.24, 2.45) is 0 Å². The number of carboxylic acid groups (broad SMARTS) is 1. The third-order valence-electron chi connectivity index (χ3n) is 5.48. The molecule has 0 bridgehead atoms. The third-order valence-corrected chi connectivity index (χ3v) is 5.48. The Balaban J connectivity index is 2.11. The molecular weight excluding hydrogens is 252 g/mol. The van der Waals surface area contributed by atoms with Gasteiger partial charge in [-0.3, -0.25) is 9.69 Å². The minimum Gasteiger partial charge on any atom is -0.480 e. The van der Waals surface area contributed by atoms with E-state index in [9.17, 15) is 9.90 Å². The number of rotatable bonds is 4. The second-order valence-electron chi connectivity index (χ2n) is 6.54. The molecule has 0 aromatic heterocycles. The van der Waals surface area contributed by atoms with Gasteiger partial charge in [0.15, 0.2) is 0 Å². The summed E-state index contributed by atoms with van der Waals surface area (Å²) in [6, 6.07) is 1.10. The molecule has 1 aliphatic carbocycles. The molecule has 20 heavy (non-hydrogen) atoms. The molecule has 3 unspecified atom stereocenters. The Morgan fingerprint density at radius 2 is 2.10 bits per heavy atom. The lowest BCUT2D eigenvalue weighted by molar-refractivity contribution is -0.147. The molecule has 4 nitrogen and oxygen atoms in total. The summed E-state index contributed by atoms with van der Waals surface area (Å²) < 4.78 is 0. The zero-order chi connectivity index (χ0) is 14.6. The first-order valence-corrected chi connectivity index (χ1v) is 8.31. The predicted molar refractivity (Wildman–Crippen MR) is 80.9 cm³/mol. The van der Waals surface area contributed by atoms with Crippen LogP contribution in [0.1, 0.15) is 64.7 Å². The van der Waals surface area contributed by atoms with Crippen molar-refractivity contribution in [3.05, 3.63) is 0 Å². The van der Waals surface area contributed by atoms with Crippen molar-refractivity contribution in [3.63, 3.8) is 0 Å². The largest absolute Gasteiger partial charge is 0.480 e. The minimum absolute atomic E-state index is 0.440. The van der Waals surface area contributed by atoms with Crippen LogP contribution in [-0.4, -0.2) is 47.2 Å². The van der Waals surface area contributed by atoms with E-state index in [1.807, 2.05) is 0 Å². The molecule has 1 aliphatic heterocycles. The van der Waals surface area contributed by atoms with Gasteiger partial charge in [0.05, 0.1) is 0 Å². The van der Waals surface area contributed by atoms with E-state index in [1.165, 1.54) is 32.1 Å². The summed E-state index contributed by atoms with van der Waals surface area (Å²) in [7, 11) is 1.80. The van der Waals surface area contributed by atoms with Crippen molar-refractivity contribution >= 4 is 5.97 Å². The van der Waals surface area contributed by atoms with Crippen LogP contribution in [0.5, 0.6) is 0 Å². The lowest BCUT2D eigenvalue weighted by atomic mass is 9.78. The van der Waals surface area contributed by atoms with Crippen molar-refractivity contribution in [2.75, 3.05) is 13.6 Å². The van der Waals surface area contributed by atoms with Gasteiger partial charge in [0.25, 0.3) is 0 Å². The number of carbonyl (C=O) groups is 1. The number of hydrogen-bond donors (Lipinski definition) is 2. The van der Waals surface area contributed by atoms with Crippen LogP contribution in [0, 0.1) is 0 Å². The lowest BCUT2D eigenvalue weighted by Crippen LogP contribution is -2.58. The van der Waals surface area contributed by atoms with Crippen LogP contribution in [-0.2, 0) is 4.79 Å². The highest BCUT2D eigenvalue weighted by Gasteiger charge is 2.44. The van der Waals surface area contributed by atoms with E-state index in [1.54, 1.807) is 7.05 Å². The molecule has 0 aromatic rings. The topological polar surface area (TPSA) is 52.6 Å². The van der Waals surface area contributed by atoms with E-state index >= 15 is 0 Å². The van der Waals surface area contributed by atoms with Gasteiger partial charge < -0.3 is 10.4 Å². The molecule has 0 amide bonds. The van der Waals surface area contributed by atoms with E-state index in [4.69, 9.17) is 0 Å². The Labute approximate surface area is 122 Å². The van der Waals surface area contributed by atoms with Gasteiger partial charge in [0.2, 0.25) is 0 Å². The summed E-state index contributed by atoms with van der Waals surface area (Å²) in [6.07, 6.45) is 10.1. The van der Waals surface area contributed by atoms with Crippen LogP contribution in [0.15, 0.2) is 0 Å². The second-order valence-corrected chi connectivity index (χ2v) is 6.54. The Kier molecular flexibility index (Phi) is 5.44. The molecule has 2 N–H and O–H groups in total. The zero-order valence-electron chi connectivity index (χ0n) is 13.0. The monoisotopic (exact) mass is 282 g/mol. The summed E-state index contributed by atoms with van der Waals surface area (Å²) in [5.74, 6) is -0.674. The molecule has 2 aliphatic rings. The zero-order valence-corrected chi connectivity index (χ0v) is 13.0. The molecule has 0 aromatic carbocycles. The van der Waals surface area contributed by atoms with E-state index in [0.717, 1.165) is 32.2 Å². The Morgan fingerprint density at radius 1 is 1.30 bits per heavy atom. The quantitative estimate of drug-likeness (QED) is 0.832. The number of nitrogens with zero attached hydrogens (tertiary/aromatic N) is 1. The molecule has 3 atom stereocenters. The number of likely N-dealkylation sites (N-methyl/N-ethyl adjacent to an activating group) is 1. The van der Waals surface area contributed by atoms with Crippen molar-refractivity contribution in [3.8, 4) is 0 Å². The van der Waals surface area contributed by atoms with E-state index in [-0.39, 0.29) is 0 Å². The maximum Gasteiger partial charge on any atom is 0.323 e. The second kappa shape index (κ2) is 6.90. The third kappa shape index (κ3) is 3.17. The van der Waals surface area contributed by atoms with Gasteiger partial charge >= 0.3 is 5.97 Å². The molecule has 2 rings (SSSR count). The fourth-order valence-electron chi connectivity index (χ4n) is 4.18. The molecule has 2 fully saturated rings. The summed E-state index contributed by atoms with van der Waals surface area (Å²) in [4.78, 5) is 14.3. The van der Waals surface area contributed by atoms with Crippen LogP contribution in [0.3, 0.4) is 0 Å². The van der Waals surface area contributed by atoms with Crippen LogP contribution < -0.4 is 5.32 Å². The van der Waals surface area contributed by atoms with Crippen molar-refractivity contribution in [1.29, 1.82) is 0 Å². The summed E-state index contributed by atoms with van der Waals surface area (Å²) >= 11 is 0. The first-order chi connectivity index (χ1) is 9.63. The van der Waals surface area contributed by atoms with Gasteiger partial charge in [-0.25, -0.2) is 0 Å². The number of likely N-dealkylation sites (tertiary alicyclic amines) is 1. The fraction of sp³-hybridized carbons (Fsp3) is 0.938. The Morgan fingerprint density at radius 3 is 2.75 bits per heavy atom. The Bertz CT molecular complexity index is 334. The molecule has 1 saturated heterocycles. The van der Waals surface area contributed by atoms with Crippen LogP contribution in [0.25, 0.3) is 0 Å². The molecular formula is C16H30N2O2. The van der Waals surface area contributed by atoms with Gasteiger partial charge in [0.1, 0.15) is 5.54 Å². The molecule has 116 valence electrons. The van der Waals surface area contributed by atoms with E-state index in [2.05, 4.69) is 17.1 Å². The molecule has 0 radical (unpaired) electrons. The standard InChI is InChI=1S/C16H30N2O2/c1-3-13-8-5-4-6-11-18(13)14-9-7-10-16(12-14,17-2)15(19)20/h13-14,17H,3-12H2,1-2H3,(H,19,20). The first-order valence-electron chi connectivity index (χ1n) is 8.31. The van der Waals surface area contributed by atoms with E-state index in [0.29, 0.717) is 12.1 Å². The van der Waals surface area contributed by atoms with Gasteiger partial charge in [-0.2, -0.15) is 0 Å². The fourth-order valence-corrected chi connectivity index (χ4v) is 4.18. The van der Waals surface area contributed by atoms with Crippen LogP contribution in [0.2, 0.25) is 0 Å². The van der Waals surface area contributed by atoms with Crippen LogP contribution in [0.4, 0.5) is 0 Å². The summed E-state index contributed by atoms with van der Waals surface area (Å²) in [6.45, 7) is 3.43. The Hall–Kier alpha value is -0.610. The molecule has 1 saturated carbocycles. The summed E-state index contributed by atoms with van der Waals surface area (Å²) in [5, 5.41) is 12.7. The van der Waals surface area contributed by atoms with Crippen LogP contribution >= 0.6 is 0 Å². The SMILES string of the molecule is CCC1CCCCCN1C1CCCC(NC)(C(=O)O)C1. The molecule has 0 spiro atoms. The minimum atomic E-state index is -0.701. The van der Waals surface area contributed by atoms with Gasteiger partial charge in [-0.05, 0) is 58.5 Å². The maximum atomic E-state index is 11.7. The lowest BCUT2D eigenvalue weighted by Gasteiger charge is -2.44. The smallest absolute Gasteiger partial charge is 0.323 e. The van der Waals surface area contributed by atoms with E-state index < -0.39 is 11.5 Å². The highest BCUT2D eigenvalue weighted by Crippen LogP contribution is 2.34.